The van der Waals surface area contributed by atoms with Crippen LogP contribution in [-0.2, 0) is 6.54 Å². The number of amides is 1. The average Bonchev–Trinajstić information content (AvgIpc) is 2.86. The molecule has 1 fully saturated rings. The normalized spacial score (nSPS) is 24.3. The zero-order chi connectivity index (χ0) is 13.1. The van der Waals surface area contributed by atoms with Gasteiger partial charge in [0.1, 0.15) is 6.26 Å². The van der Waals surface area contributed by atoms with Gasteiger partial charge >= 0.3 is 0 Å². The Kier molecular flexibility index (Phi) is 3.95. The number of carbonyl (C=O) groups excluding carboxylic acids is 1. The monoisotopic (exact) mass is 255 g/mol. The number of likely N-dealkylation sites (tertiary alicyclic amines) is 1. The molecule has 1 aromatic heterocycles. The van der Waals surface area contributed by atoms with Crippen molar-refractivity contribution in [1.82, 2.24) is 9.88 Å². The minimum Gasteiger partial charge on any atom is -0.447 e. The lowest BCUT2D eigenvalue weighted by Crippen LogP contribution is -2.47. The molecule has 0 aliphatic carbocycles. The molecule has 1 aliphatic heterocycles. The van der Waals surface area contributed by atoms with Crippen LogP contribution >= 0.6 is 0 Å². The van der Waals surface area contributed by atoms with Gasteiger partial charge in [0.05, 0.1) is 12.6 Å². The third-order valence-electron chi connectivity index (χ3n) is 3.19. The first-order valence-corrected chi connectivity index (χ1v) is 5.88. The quantitative estimate of drug-likeness (QED) is 0.635. The Morgan fingerprint density at radius 2 is 2.44 bits per heavy atom. The summed E-state index contributed by atoms with van der Waals surface area (Å²) >= 11 is 0. The zero-order valence-corrected chi connectivity index (χ0v) is 9.95. The Morgan fingerprint density at radius 1 is 1.67 bits per heavy atom. The maximum atomic E-state index is 12.1. The SMILES string of the molecule is NCc1nc(C(=O)N2CC[C@H](CO)[C@@H](O)C2)co1. The second-order valence-electron chi connectivity index (χ2n) is 4.38. The summed E-state index contributed by atoms with van der Waals surface area (Å²) in [5.74, 6) is -0.135. The van der Waals surface area contributed by atoms with Crippen molar-refractivity contribution in [3.8, 4) is 0 Å². The molecule has 0 spiro atoms. The van der Waals surface area contributed by atoms with E-state index in [2.05, 4.69) is 4.98 Å². The van der Waals surface area contributed by atoms with E-state index in [0.717, 1.165) is 0 Å². The van der Waals surface area contributed by atoms with Gasteiger partial charge in [0.2, 0.25) is 5.89 Å². The molecule has 1 amide bonds. The lowest BCUT2D eigenvalue weighted by molar-refractivity contribution is 0.000653. The Bertz CT molecular complexity index is 420. The predicted octanol–water partition coefficient (Wildman–Crippen LogP) is -1.05. The van der Waals surface area contributed by atoms with Gasteiger partial charge in [-0.1, -0.05) is 0 Å². The summed E-state index contributed by atoms with van der Waals surface area (Å²) in [5, 5.41) is 18.8. The van der Waals surface area contributed by atoms with E-state index in [0.29, 0.717) is 18.9 Å². The lowest BCUT2D eigenvalue weighted by atomic mass is 9.94. The van der Waals surface area contributed by atoms with E-state index >= 15 is 0 Å². The molecule has 1 saturated heterocycles. The first-order valence-electron chi connectivity index (χ1n) is 5.88. The molecule has 2 heterocycles. The van der Waals surface area contributed by atoms with Crippen LogP contribution in [0, 0.1) is 5.92 Å². The molecule has 0 saturated carbocycles. The van der Waals surface area contributed by atoms with E-state index in [9.17, 15) is 9.90 Å². The number of aromatic nitrogens is 1. The summed E-state index contributed by atoms with van der Waals surface area (Å²) in [6.45, 7) is 0.772. The molecule has 0 radical (unpaired) electrons. The van der Waals surface area contributed by atoms with E-state index < -0.39 is 6.10 Å². The van der Waals surface area contributed by atoms with Gasteiger partial charge < -0.3 is 25.3 Å². The Labute approximate surface area is 104 Å². The minimum absolute atomic E-state index is 0.0650. The van der Waals surface area contributed by atoms with Gasteiger partial charge in [-0.15, -0.1) is 0 Å². The molecule has 18 heavy (non-hydrogen) atoms. The number of aliphatic hydroxyl groups is 2. The van der Waals surface area contributed by atoms with Gasteiger partial charge in [0, 0.05) is 25.6 Å². The molecule has 7 nitrogen and oxygen atoms in total. The van der Waals surface area contributed by atoms with Crippen molar-refractivity contribution in [3.05, 3.63) is 17.8 Å². The van der Waals surface area contributed by atoms with Crippen LogP contribution in [0.5, 0.6) is 0 Å². The summed E-state index contributed by atoms with van der Waals surface area (Å²) < 4.78 is 5.01. The fraction of sp³-hybridized carbons (Fsp3) is 0.636. The molecule has 100 valence electrons. The topological polar surface area (TPSA) is 113 Å². The first-order chi connectivity index (χ1) is 8.65. The molecule has 4 N–H and O–H groups in total. The molecule has 2 rings (SSSR count). The fourth-order valence-electron chi connectivity index (χ4n) is 2.04. The van der Waals surface area contributed by atoms with Crippen LogP contribution < -0.4 is 5.73 Å². The van der Waals surface area contributed by atoms with Crippen LogP contribution in [0.25, 0.3) is 0 Å². The maximum Gasteiger partial charge on any atom is 0.275 e. The first kappa shape index (κ1) is 13.0. The van der Waals surface area contributed by atoms with E-state index in [1.807, 2.05) is 0 Å². The average molecular weight is 255 g/mol. The maximum absolute atomic E-state index is 12.1. The molecule has 1 aromatic rings. The van der Waals surface area contributed by atoms with Gasteiger partial charge in [0.25, 0.3) is 5.91 Å². The molecular weight excluding hydrogens is 238 g/mol. The number of carbonyl (C=O) groups is 1. The van der Waals surface area contributed by atoms with Crippen LogP contribution in [-0.4, -0.2) is 51.8 Å². The highest BCUT2D eigenvalue weighted by Crippen LogP contribution is 2.19. The highest BCUT2D eigenvalue weighted by molar-refractivity contribution is 5.92. The van der Waals surface area contributed by atoms with Crippen molar-refractivity contribution in [2.75, 3.05) is 19.7 Å². The van der Waals surface area contributed by atoms with Gasteiger partial charge in [-0.2, -0.15) is 0 Å². The molecule has 7 heteroatoms. The van der Waals surface area contributed by atoms with E-state index in [1.54, 1.807) is 0 Å². The van der Waals surface area contributed by atoms with Crippen LogP contribution in [0.1, 0.15) is 22.8 Å². The van der Waals surface area contributed by atoms with Crippen LogP contribution in [0.15, 0.2) is 10.7 Å². The van der Waals surface area contributed by atoms with E-state index in [-0.39, 0.29) is 37.2 Å². The summed E-state index contributed by atoms with van der Waals surface area (Å²) in [6.07, 6.45) is 1.15. The van der Waals surface area contributed by atoms with Gasteiger partial charge in [0.15, 0.2) is 5.69 Å². The summed E-state index contributed by atoms with van der Waals surface area (Å²) in [6, 6.07) is 0. The summed E-state index contributed by atoms with van der Waals surface area (Å²) in [5.41, 5.74) is 5.55. The fourth-order valence-corrected chi connectivity index (χ4v) is 2.04. The van der Waals surface area contributed by atoms with Gasteiger partial charge in [-0.25, -0.2) is 4.98 Å². The number of nitrogens with two attached hydrogens (primary N) is 1. The molecule has 2 atom stereocenters. The van der Waals surface area contributed by atoms with Crippen molar-refractivity contribution < 1.29 is 19.4 Å². The predicted molar refractivity (Wildman–Crippen MR) is 61.5 cm³/mol. The highest BCUT2D eigenvalue weighted by atomic mass is 16.3. The molecule has 1 aliphatic rings. The number of nitrogens with zero attached hydrogens (tertiary/aromatic N) is 2. The number of piperidine rings is 1. The molecule has 0 unspecified atom stereocenters. The number of β-amino-alcohol motifs (C(OH)–C–C–N with tert-alkyl or cyclic N) is 1. The smallest absolute Gasteiger partial charge is 0.275 e. The Hall–Kier alpha value is -1.44. The Balaban J connectivity index is 2.02. The van der Waals surface area contributed by atoms with Crippen molar-refractivity contribution in [1.29, 1.82) is 0 Å². The van der Waals surface area contributed by atoms with Crippen LogP contribution in [0.4, 0.5) is 0 Å². The van der Waals surface area contributed by atoms with Crippen molar-refractivity contribution >= 4 is 5.91 Å². The largest absolute Gasteiger partial charge is 0.447 e. The number of aliphatic hydroxyl groups excluding tert-OH is 2. The van der Waals surface area contributed by atoms with Crippen molar-refractivity contribution in [2.24, 2.45) is 11.7 Å². The van der Waals surface area contributed by atoms with Crippen molar-refractivity contribution in [3.63, 3.8) is 0 Å². The van der Waals surface area contributed by atoms with E-state index in [1.165, 1.54) is 11.2 Å². The van der Waals surface area contributed by atoms with Crippen LogP contribution in [0.3, 0.4) is 0 Å². The number of hydrogen-bond acceptors (Lipinski definition) is 6. The number of rotatable bonds is 3. The van der Waals surface area contributed by atoms with Gasteiger partial charge in [-0.05, 0) is 6.42 Å². The van der Waals surface area contributed by atoms with Gasteiger partial charge in [-0.3, -0.25) is 4.79 Å². The second-order valence-corrected chi connectivity index (χ2v) is 4.38. The zero-order valence-electron chi connectivity index (χ0n) is 9.95. The molecular formula is C11H17N3O4. The standard InChI is InChI=1S/C11H17N3O4/c12-3-10-13-8(6-18-10)11(17)14-2-1-7(5-15)9(16)4-14/h6-7,9,15-16H,1-5,12H2/t7-,9+/m1/s1. The number of hydrogen-bond donors (Lipinski definition) is 3. The lowest BCUT2D eigenvalue weighted by Gasteiger charge is -2.34. The number of oxazole rings is 1. The minimum atomic E-state index is -0.700. The summed E-state index contributed by atoms with van der Waals surface area (Å²) in [4.78, 5) is 17.5. The highest BCUT2D eigenvalue weighted by Gasteiger charge is 2.31. The van der Waals surface area contributed by atoms with Crippen LogP contribution in [0.2, 0.25) is 0 Å². The third-order valence-corrected chi connectivity index (χ3v) is 3.19. The molecule has 0 aromatic carbocycles. The van der Waals surface area contributed by atoms with Crippen molar-refractivity contribution in [2.45, 2.75) is 19.1 Å². The van der Waals surface area contributed by atoms with E-state index in [4.69, 9.17) is 15.3 Å². The molecule has 0 bridgehead atoms. The second kappa shape index (κ2) is 5.47. The third kappa shape index (κ3) is 2.53. The Morgan fingerprint density at radius 3 is 3.00 bits per heavy atom. The summed E-state index contributed by atoms with van der Waals surface area (Å²) in [7, 11) is 0.